The van der Waals surface area contributed by atoms with Crippen molar-refractivity contribution in [3.8, 4) is 0 Å². The van der Waals surface area contributed by atoms with Gasteiger partial charge in [-0.1, -0.05) is 37.8 Å². The summed E-state index contributed by atoms with van der Waals surface area (Å²) in [6.07, 6.45) is 16.4. The highest BCUT2D eigenvalue weighted by Crippen LogP contribution is 2.35. The predicted molar refractivity (Wildman–Crippen MR) is 133 cm³/mol. The van der Waals surface area contributed by atoms with E-state index in [0.717, 1.165) is 69.0 Å². The van der Waals surface area contributed by atoms with Gasteiger partial charge in [0, 0.05) is 35.8 Å². The van der Waals surface area contributed by atoms with Crippen LogP contribution in [0, 0.1) is 5.92 Å². The monoisotopic (exact) mass is 465 g/mol. The van der Waals surface area contributed by atoms with Crippen LogP contribution in [-0.4, -0.2) is 53.2 Å². The molecule has 0 spiro atoms. The van der Waals surface area contributed by atoms with Crippen LogP contribution in [0.4, 0.5) is 4.79 Å². The Morgan fingerprint density at radius 2 is 1.74 bits per heavy atom. The molecule has 0 aromatic rings. The van der Waals surface area contributed by atoms with Gasteiger partial charge in [-0.25, -0.2) is 4.79 Å². The first-order valence-electron chi connectivity index (χ1n) is 12.0. The minimum Gasteiger partial charge on any atom is -0.343 e. The number of allylic oxidation sites excluding steroid dienone is 2. The lowest BCUT2D eigenvalue weighted by Gasteiger charge is -2.44. The second-order valence-electron chi connectivity index (χ2n) is 9.09. The molecule has 3 aliphatic rings. The van der Waals surface area contributed by atoms with Crippen LogP contribution in [0.1, 0.15) is 78.1 Å². The fourth-order valence-electron chi connectivity index (χ4n) is 4.89. The molecule has 174 valence electrons. The predicted octanol–water partition coefficient (Wildman–Crippen LogP) is 5.94. The Bertz CT molecular complexity index is 678. The summed E-state index contributed by atoms with van der Waals surface area (Å²) >= 11 is 3.42. The number of piperidine rings is 1. The largest absolute Gasteiger partial charge is 0.343 e. The van der Waals surface area contributed by atoms with Crippen LogP contribution >= 0.6 is 23.5 Å². The average Bonchev–Trinajstić information content (AvgIpc) is 3.01. The molecule has 3 amide bonds. The van der Waals surface area contributed by atoms with Crippen LogP contribution in [0.25, 0.3) is 0 Å². The minimum absolute atomic E-state index is 0.0546. The van der Waals surface area contributed by atoms with Crippen molar-refractivity contribution in [3.63, 3.8) is 0 Å². The first-order valence-corrected chi connectivity index (χ1v) is 14.0. The zero-order valence-corrected chi connectivity index (χ0v) is 21.0. The number of thioether (sulfide) groups is 2. The van der Waals surface area contributed by atoms with Gasteiger partial charge in [-0.05, 0) is 70.0 Å². The first kappa shape index (κ1) is 24.6. The van der Waals surface area contributed by atoms with E-state index in [4.69, 9.17) is 0 Å². The highest BCUT2D eigenvalue weighted by atomic mass is 32.2. The normalized spacial score (nSPS) is 25.3. The van der Waals surface area contributed by atoms with Crippen LogP contribution in [0.3, 0.4) is 0 Å². The van der Waals surface area contributed by atoms with Gasteiger partial charge < -0.3 is 15.1 Å². The van der Waals surface area contributed by atoms with Gasteiger partial charge in [0.05, 0.1) is 5.03 Å². The SMILES string of the molecule is CCCC(=O)N1CCC(N(C(=O)NC2=CCCC=C(SC)S2)C2CCC(C)CC2)CC1. The fraction of sp³-hybridized carbons (Fsp3) is 0.750. The number of nitrogens with zero attached hydrogens (tertiary/aromatic N) is 2. The molecule has 0 aromatic heterocycles. The van der Waals surface area contributed by atoms with E-state index < -0.39 is 0 Å². The molecular formula is C24H39N3O2S2. The zero-order valence-electron chi connectivity index (χ0n) is 19.4. The summed E-state index contributed by atoms with van der Waals surface area (Å²) in [4.78, 5) is 30.1. The summed E-state index contributed by atoms with van der Waals surface area (Å²) < 4.78 is 1.25. The third kappa shape index (κ3) is 6.95. The van der Waals surface area contributed by atoms with E-state index in [1.165, 1.54) is 17.1 Å². The van der Waals surface area contributed by atoms with Gasteiger partial charge in [-0.2, -0.15) is 0 Å². The quantitative estimate of drug-likeness (QED) is 0.527. The standard InChI is InChI=1S/C24H39N3O2S2/c1-4-7-22(28)26-16-14-20(15-17-26)27(19-12-10-18(2)11-13-19)24(29)25-21-8-5-6-9-23(30-3)31-21/h8-9,18-20H,4-7,10-17H2,1-3H3,(H,25,29). The summed E-state index contributed by atoms with van der Waals surface area (Å²) in [6.45, 7) is 5.92. The third-order valence-electron chi connectivity index (χ3n) is 6.74. The lowest BCUT2D eigenvalue weighted by atomic mass is 9.85. The summed E-state index contributed by atoms with van der Waals surface area (Å²) in [6, 6.07) is 0.584. The molecule has 1 N–H and O–H groups in total. The molecule has 1 saturated heterocycles. The van der Waals surface area contributed by atoms with Gasteiger partial charge in [0.15, 0.2) is 0 Å². The smallest absolute Gasteiger partial charge is 0.322 e. The minimum atomic E-state index is 0.0546. The number of hydrogen-bond donors (Lipinski definition) is 1. The number of rotatable bonds is 6. The number of urea groups is 1. The van der Waals surface area contributed by atoms with E-state index in [1.54, 1.807) is 23.5 Å². The van der Waals surface area contributed by atoms with E-state index in [0.29, 0.717) is 12.5 Å². The molecule has 2 fully saturated rings. The van der Waals surface area contributed by atoms with Crippen molar-refractivity contribution in [3.05, 3.63) is 21.4 Å². The van der Waals surface area contributed by atoms with Gasteiger partial charge >= 0.3 is 6.03 Å². The fourth-order valence-corrected chi connectivity index (χ4v) is 6.54. The van der Waals surface area contributed by atoms with Crippen molar-refractivity contribution in [2.24, 2.45) is 5.92 Å². The lowest BCUT2D eigenvalue weighted by Crippen LogP contribution is -2.55. The van der Waals surface area contributed by atoms with Gasteiger partial charge in [-0.3, -0.25) is 4.79 Å². The molecule has 0 bridgehead atoms. The number of nitrogens with one attached hydrogen (secondary N) is 1. The maximum atomic E-state index is 13.6. The van der Waals surface area contributed by atoms with Crippen LogP contribution in [-0.2, 0) is 4.79 Å². The Kier molecular flexibility index (Phi) is 9.70. The second kappa shape index (κ2) is 12.2. The van der Waals surface area contributed by atoms with E-state index >= 15 is 0 Å². The maximum absolute atomic E-state index is 13.6. The van der Waals surface area contributed by atoms with Crippen molar-refractivity contribution in [1.29, 1.82) is 0 Å². The van der Waals surface area contributed by atoms with Crippen LogP contribution in [0.2, 0.25) is 0 Å². The van der Waals surface area contributed by atoms with Crippen LogP contribution in [0.15, 0.2) is 21.4 Å². The number of carbonyl (C=O) groups excluding carboxylic acids is 2. The summed E-state index contributed by atoms with van der Waals surface area (Å²) in [5, 5.41) is 4.23. The van der Waals surface area contributed by atoms with Crippen molar-refractivity contribution >= 4 is 35.5 Å². The van der Waals surface area contributed by atoms with Crippen molar-refractivity contribution in [1.82, 2.24) is 15.1 Å². The van der Waals surface area contributed by atoms with Gasteiger partial charge in [0.25, 0.3) is 0 Å². The van der Waals surface area contributed by atoms with Crippen LogP contribution < -0.4 is 5.32 Å². The molecule has 0 unspecified atom stereocenters. The van der Waals surface area contributed by atoms with Crippen molar-refractivity contribution < 1.29 is 9.59 Å². The molecule has 0 aromatic carbocycles. The molecule has 2 heterocycles. The molecule has 0 radical (unpaired) electrons. The molecule has 3 rings (SSSR count). The molecule has 0 atom stereocenters. The van der Waals surface area contributed by atoms with E-state index in [9.17, 15) is 9.59 Å². The summed E-state index contributed by atoms with van der Waals surface area (Å²) in [5.41, 5.74) is 0. The Balaban J connectivity index is 1.68. The average molecular weight is 466 g/mol. The number of hydrogen-bond acceptors (Lipinski definition) is 4. The highest BCUT2D eigenvalue weighted by Gasteiger charge is 2.35. The van der Waals surface area contributed by atoms with Crippen molar-refractivity contribution in [2.45, 2.75) is 90.1 Å². The molecule has 31 heavy (non-hydrogen) atoms. The van der Waals surface area contributed by atoms with Crippen molar-refractivity contribution in [2.75, 3.05) is 19.3 Å². The van der Waals surface area contributed by atoms with Crippen LogP contribution in [0.5, 0.6) is 0 Å². The Hall–Kier alpha value is -1.08. The lowest BCUT2D eigenvalue weighted by molar-refractivity contribution is -0.132. The Labute approximate surface area is 196 Å². The molecule has 2 aliphatic heterocycles. The summed E-state index contributed by atoms with van der Waals surface area (Å²) in [7, 11) is 0. The molecule has 1 saturated carbocycles. The Morgan fingerprint density at radius 1 is 1.10 bits per heavy atom. The van der Waals surface area contributed by atoms with Gasteiger partial charge in [0.1, 0.15) is 0 Å². The Morgan fingerprint density at radius 3 is 2.39 bits per heavy atom. The van der Waals surface area contributed by atoms with E-state index in [-0.39, 0.29) is 18.0 Å². The third-order valence-corrected chi connectivity index (χ3v) is 8.91. The number of amides is 3. The van der Waals surface area contributed by atoms with E-state index in [1.807, 2.05) is 4.90 Å². The highest BCUT2D eigenvalue weighted by molar-refractivity contribution is 8.23. The molecule has 1 aliphatic carbocycles. The summed E-state index contributed by atoms with van der Waals surface area (Å²) in [5.74, 6) is 1.02. The van der Waals surface area contributed by atoms with Gasteiger partial charge in [-0.15, -0.1) is 11.8 Å². The second-order valence-corrected chi connectivity index (χ2v) is 11.3. The molecular weight excluding hydrogens is 426 g/mol. The number of carbonyl (C=O) groups is 2. The zero-order chi connectivity index (χ0) is 22.2. The maximum Gasteiger partial charge on any atom is 0.322 e. The molecule has 7 heteroatoms. The molecule has 5 nitrogen and oxygen atoms in total. The van der Waals surface area contributed by atoms with Gasteiger partial charge in [0.2, 0.25) is 5.91 Å². The van der Waals surface area contributed by atoms with E-state index in [2.05, 4.69) is 42.5 Å². The topological polar surface area (TPSA) is 52.7 Å². The first-order chi connectivity index (χ1) is 15.0. The number of likely N-dealkylation sites (tertiary alicyclic amines) is 1.